The molecule has 0 bridgehead atoms. The molecule has 0 spiro atoms. The molecule has 2 N–H and O–H groups in total. The average molecular weight is 312 g/mol. The fourth-order valence-electron chi connectivity index (χ4n) is 3.24. The maximum Gasteiger partial charge on any atom is 0.191 e. The third-order valence-corrected chi connectivity index (χ3v) is 5.64. The molecule has 2 rings (SSSR count). The van der Waals surface area contributed by atoms with Crippen LogP contribution in [0, 0.1) is 5.41 Å². The van der Waals surface area contributed by atoms with E-state index in [0.29, 0.717) is 6.04 Å². The van der Waals surface area contributed by atoms with E-state index in [-0.39, 0.29) is 11.0 Å². The van der Waals surface area contributed by atoms with Crippen molar-refractivity contribution < 1.29 is 9.47 Å². The minimum Gasteiger partial charge on any atom is -0.379 e. The molecular formula is C16H32N4O2. The predicted molar refractivity (Wildman–Crippen MR) is 89.4 cm³/mol. The standard InChI is InChI=1S/C16H32N4O2/c1-15(2)13(12-16(15,3)21-5)19-14(17-4)18-6-7-20-8-10-22-11-9-20/h13H,6-12H2,1-5H3,(H2,17,18,19). The Balaban J connectivity index is 1.74. The van der Waals surface area contributed by atoms with Crippen LogP contribution in [0.4, 0.5) is 0 Å². The maximum absolute atomic E-state index is 5.68. The van der Waals surface area contributed by atoms with Gasteiger partial charge in [0.2, 0.25) is 0 Å². The first-order valence-corrected chi connectivity index (χ1v) is 8.25. The summed E-state index contributed by atoms with van der Waals surface area (Å²) in [5, 5.41) is 6.95. The smallest absolute Gasteiger partial charge is 0.191 e. The molecule has 1 aliphatic carbocycles. The van der Waals surface area contributed by atoms with E-state index in [1.807, 2.05) is 7.05 Å². The topological polar surface area (TPSA) is 58.1 Å². The molecule has 128 valence electrons. The van der Waals surface area contributed by atoms with E-state index in [1.165, 1.54) is 0 Å². The van der Waals surface area contributed by atoms with Crippen molar-refractivity contribution in [3.8, 4) is 0 Å². The number of methoxy groups -OCH3 is 1. The van der Waals surface area contributed by atoms with Gasteiger partial charge in [-0.2, -0.15) is 0 Å². The second-order valence-electron chi connectivity index (χ2n) is 7.01. The van der Waals surface area contributed by atoms with Crippen LogP contribution in [0.3, 0.4) is 0 Å². The van der Waals surface area contributed by atoms with Crippen molar-refractivity contribution in [2.45, 2.75) is 38.8 Å². The van der Waals surface area contributed by atoms with Gasteiger partial charge < -0.3 is 20.1 Å². The van der Waals surface area contributed by atoms with Gasteiger partial charge in [0, 0.05) is 51.8 Å². The highest BCUT2D eigenvalue weighted by molar-refractivity contribution is 5.80. The van der Waals surface area contributed by atoms with Crippen LogP contribution in [-0.2, 0) is 9.47 Å². The molecule has 1 aliphatic heterocycles. The molecule has 0 aromatic rings. The Kier molecular flexibility index (Phi) is 5.69. The Labute approximate surface area is 134 Å². The Hall–Kier alpha value is -0.850. The summed E-state index contributed by atoms with van der Waals surface area (Å²) in [6, 6.07) is 0.382. The molecule has 0 aromatic carbocycles. The van der Waals surface area contributed by atoms with Gasteiger partial charge in [-0.3, -0.25) is 9.89 Å². The minimum absolute atomic E-state index is 0.0582. The molecule has 1 saturated heterocycles. The molecule has 0 radical (unpaired) electrons. The van der Waals surface area contributed by atoms with Crippen molar-refractivity contribution in [3.05, 3.63) is 0 Å². The van der Waals surface area contributed by atoms with Gasteiger partial charge in [-0.05, 0) is 13.3 Å². The number of hydrogen-bond acceptors (Lipinski definition) is 4. The van der Waals surface area contributed by atoms with Gasteiger partial charge in [0.1, 0.15) is 0 Å². The van der Waals surface area contributed by atoms with Crippen LogP contribution in [0.5, 0.6) is 0 Å². The van der Waals surface area contributed by atoms with Gasteiger partial charge in [0.15, 0.2) is 5.96 Å². The lowest BCUT2D eigenvalue weighted by Crippen LogP contribution is -2.69. The third-order valence-electron chi connectivity index (χ3n) is 5.64. The lowest BCUT2D eigenvalue weighted by Gasteiger charge is -2.59. The van der Waals surface area contributed by atoms with Gasteiger partial charge in [-0.15, -0.1) is 0 Å². The number of hydrogen-bond donors (Lipinski definition) is 2. The van der Waals surface area contributed by atoms with Crippen LogP contribution < -0.4 is 10.6 Å². The number of ether oxygens (including phenoxy) is 2. The minimum atomic E-state index is -0.0582. The van der Waals surface area contributed by atoms with Crippen molar-refractivity contribution in [1.82, 2.24) is 15.5 Å². The van der Waals surface area contributed by atoms with Crippen LogP contribution in [-0.4, -0.2) is 76.1 Å². The van der Waals surface area contributed by atoms with Crippen LogP contribution in [0.25, 0.3) is 0 Å². The number of nitrogens with zero attached hydrogens (tertiary/aromatic N) is 2. The van der Waals surface area contributed by atoms with Crippen molar-refractivity contribution in [3.63, 3.8) is 0 Å². The summed E-state index contributed by atoms with van der Waals surface area (Å²) < 4.78 is 11.0. The molecule has 22 heavy (non-hydrogen) atoms. The summed E-state index contributed by atoms with van der Waals surface area (Å²) in [5.41, 5.74) is 0.0287. The molecule has 6 heteroatoms. The van der Waals surface area contributed by atoms with Crippen molar-refractivity contribution in [1.29, 1.82) is 0 Å². The maximum atomic E-state index is 5.68. The number of nitrogens with one attached hydrogen (secondary N) is 2. The van der Waals surface area contributed by atoms with E-state index in [9.17, 15) is 0 Å². The highest BCUT2D eigenvalue weighted by atomic mass is 16.5. The summed E-state index contributed by atoms with van der Waals surface area (Å²) in [5.74, 6) is 0.879. The molecule has 1 saturated carbocycles. The van der Waals surface area contributed by atoms with Crippen LogP contribution in [0.15, 0.2) is 4.99 Å². The third kappa shape index (κ3) is 3.55. The second-order valence-corrected chi connectivity index (χ2v) is 7.01. The number of guanidine groups is 1. The quantitative estimate of drug-likeness (QED) is 0.578. The first-order chi connectivity index (χ1) is 10.4. The van der Waals surface area contributed by atoms with Crippen molar-refractivity contribution in [2.75, 3.05) is 53.6 Å². The largest absolute Gasteiger partial charge is 0.379 e. The lowest BCUT2D eigenvalue weighted by atomic mass is 9.56. The Morgan fingerprint density at radius 1 is 1.32 bits per heavy atom. The van der Waals surface area contributed by atoms with Gasteiger partial charge >= 0.3 is 0 Å². The molecule has 2 unspecified atom stereocenters. The highest BCUT2D eigenvalue weighted by Crippen LogP contribution is 2.51. The van der Waals surface area contributed by atoms with E-state index in [4.69, 9.17) is 9.47 Å². The lowest BCUT2D eigenvalue weighted by molar-refractivity contribution is -0.176. The molecule has 0 aromatic heterocycles. The van der Waals surface area contributed by atoms with E-state index < -0.39 is 0 Å². The summed E-state index contributed by atoms with van der Waals surface area (Å²) >= 11 is 0. The number of rotatable bonds is 5. The Morgan fingerprint density at radius 3 is 2.55 bits per heavy atom. The first-order valence-electron chi connectivity index (χ1n) is 8.25. The van der Waals surface area contributed by atoms with E-state index >= 15 is 0 Å². The average Bonchev–Trinajstić information content (AvgIpc) is 2.53. The van der Waals surface area contributed by atoms with Crippen LogP contribution >= 0.6 is 0 Å². The van der Waals surface area contributed by atoms with Gasteiger partial charge in [0.05, 0.1) is 18.8 Å². The predicted octanol–water partition coefficient (Wildman–Crippen LogP) is 0.687. The fourth-order valence-corrected chi connectivity index (χ4v) is 3.24. The molecular weight excluding hydrogens is 280 g/mol. The van der Waals surface area contributed by atoms with Crippen molar-refractivity contribution in [2.24, 2.45) is 10.4 Å². The van der Waals surface area contributed by atoms with E-state index in [2.05, 4.69) is 41.3 Å². The van der Waals surface area contributed by atoms with E-state index in [1.54, 1.807) is 7.11 Å². The zero-order chi connectivity index (χ0) is 16.2. The molecule has 2 fully saturated rings. The second kappa shape index (κ2) is 7.15. The summed E-state index contributed by atoms with van der Waals surface area (Å²) in [4.78, 5) is 6.76. The number of aliphatic imine (C=N–C) groups is 1. The first kappa shape index (κ1) is 17.5. The van der Waals surface area contributed by atoms with Gasteiger partial charge in [-0.25, -0.2) is 0 Å². The SMILES string of the molecule is CN=C(NCCN1CCOCC1)NC1CC(C)(OC)C1(C)C. The van der Waals surface area contributed by atoms with Gasteiger partial charge in [-0.1, -0.05) is 13.8 Å². The Morgan fingerprint density at radius 2 is 2.00 bits per heavy atom. The molecule has 2 atom stereocenters. The zero-order valence-corrected chi connectivity index (χ0v) is 14.7. The molecule has 0 amide bonds. The molecule has 6 nitrogen and oxygen atoms in total. The summed E-state index contributed by atoms with van der Waals surface area (Å²) in [6.07, 6.45) is 1.00. The summed E-state index contributed by atoms with van der Waals surface area (Å²) in [7, 11) is 3.62. The van der Waals surface area contributed by atoms with E-state index in [0.717, 1.165) is 51.8 Å². The molecule has 1 heterocycles. The Bertz CT molecular complexity index is 394. The highest BCUT2D eigenvalue weighted by Gasteiger charge is 2.58. The van der Waals surface area contributed by atoms with Crippen molar-refractivity contribution >= 4 is 5.96 Å². The normalized spacial score (nSPS) is 32.4. The number of morpholine rings is 1. The van der Waals surface area contributed by atoms with Gasteiger partial charge in [0.25, 0.3) is 0 Å². The summed E-state index contributed by atoms with van der Waals surface area (Å²) in [6.45, 7) is 12.3. The molecule has 2 aliphatic rings. The fraction of sp³-hybridized carbons (Fsp3) is 0.938. The van der Waals surface area contributed by atoms with Crippen LogP contribution in [0.2, 0.25) is 0 Å². The monoisotopic (exact) mass is 312 g/mol. The van der Waals surface area contributed by atoms with Crippen LogP contribution in [0.1, 0.15) is 27.2 Å². The zero-order valence-electron chi connectivity index (χ0n) is 14.7.